The van der Waals surface area contributed by atoms with E-state index in [-0.39, 0.29) is 24.2 Å². The molecule has 1 heterocycles. The van der Waals surface area contributed by atoms with Crippen molar-refractivity contribution in [3.63, 3.8) is 0 Å². The summed E-state index contributed by atoms with van der Waals surface area (Å²) >= 11 is 3.34. The van der Waals surface area contributed by atoms with E-state index in [9.17, 15) is 22.8 Å². The van der Waals surface area contributed by atoms with Gasteiger partial charge < -0.3 is 9.88 Å². The van der Waals surface area contributed by atoms with Gasteiger partial charge in [-0.2, -0.15) is 0 Å². The van der Waals surface area contributed by atoms with Crippen LogP contribution in [-0.4, -0.2) is 10.5 Å². The SMILES string of the molecule is O=C(NCc1cccc(Br)c1)c1cccn(Cc2cc(F)c(F)c(F)c2)c1=O. The lowest BCUT2D eigenvalue weighted by molar-refractivity contribution is 0.0948. The van der Waals surface area contributed by atoms with Gasteiger partial charge in [0.15, 0.2) is 17.5 Å². The zero-order valence-corrected chi connectivity index (χ0v) is 16.0. The summed E-state index contributed by atoms with van der Waals surface area (Å²) in [4.78, 5) is 24.9. The van der Waals surface area contributed by atoms with Crippen LogP contribution in [0.2, 0.25) is 0 Å². The van der Waals surface area contributed by atoms with Gasteiger partial charge in [-0.3, -0.25) is 9.59 Å². The maximum absolute atomic E-state index is 13.4. The number of hydrogen-bond acceptors (Lipinski definition) is 2. The summed E-state index contributed by atoms with van der Waals surface area (Å²) in [6.07, 6.45) is 1.38. The van der Waals surface area contributed by atoms with Crippen LogP contribution >= 0.6 is 15.9 Å². The fourth-order valence-electron chi connectivity index (χ4n) is 2.65. The molecule has 3 aromatic rings. The number of nitrogens with zero attached hydrogens (tertiary/aromatic N) is 1. The fraction of sp³-hybridized carbons (Fsp3) is 0.100. The summed E-state index contributed by atoms with van der Waals surface area (Å²) in [7, 11) is 0. The van der Waals surface area contributed by atoms with Crippen molar-refractivity contribution in [3.05, 3.63) is 104 Å². The van der Waals surface area contributed by atoms with E-state index in [0.29, 0.717) is 0 Å². The molecule has 1 aromatic heterocycles. The van der Waals surface area contributed by atoms with Crippen molar-refractivity contribution in [1.82, 2.24) is 9.88 Å². The third-order valence-electron chi connectivity index (χ3n) is 4.00. The highest BCUT2D eigenvalue weighted by Gasteiger charge is 2.14. The van der Waals surface area contributed by atoms with E-state index in [0.717, 1.165) is 26.7 Å². The van der Waals surface area contributed by atoms with Gasteiger partial charge in [-0.1, -0.05) is 28.1 Å². The summed E-state index contributed by atoms with van der Waals surface area (Å²) < 4.78 is 41.8. The minimum Gasteiger partial charge on any atom is -0.348 e. The maximum Gasteiger partial charge on any atom is 0.263 e. The molecule has 0 aliphatic heterocycles. The summed E-state index contributed by atoms with van der Waals surface area (Å²) in [5.41, 5.74) is 0.168. The Morgan fingerprint density at radius 1 is 1.00 bits per heavy atom. The summed E-state index contributed by atoms with van der Waals surface area (Å²) in [5, 5.41) is 2.66. The zero-order valence-electron chi connectivity index (χ0n) is 14.4. The number of carbonyl (C=O) groups excluding carboxylic acids is 1. The second kappa shape index (κ2) is 8.43. The Labute approximate surface area is 166 Å². The zero-order chi connectivity index (χ0) is 20.3. The van der Waals surface area contributed by atoms with Crippen molar-refractivity contribution >= 4 is 21.8 Å². The highest BCUT2D eigenvalue weighted by Crippen LogP contribution is 2.14. The summed E-state index contributed by atoms with van der Waals surface area (Å²) in [5.74, 6) is -4.83. The fourth-order valence-corrected chi connectivity index (χ4v) is 3.10. The van der Waals surface area contributed by atoms with Crippen molar-refractivity contribution in [3.8, 4) is 0 Å². The highest BCUT2D eigenvalue weighted by atomic mass is 79.9. The van der Waals surface area contributed by atoms with Crippen LogP contribution in [0.25, 0.3) is 0 Å². The van der Waals surface area contributed by atoms with Gasteiger partial charge in [0.05, 0.1) is 6.54 Å². The van der Waals surface area contributed by atoms with E-state index in [1.54, 1.807) is 0 Å². The summed E-state index contributed by atoms with van der Waals surface area (Å²) in [6, 6.07) is 11.8. The van der Waals surface area contributed by atoms with Crippen LogP contribution in [0, 0.1) is 17.5 Å². The average molecular weight is 451 g/mol. The molecule has 8 heteroatoms. The molecule has 0 unspecified atom stereocenters. The van der Waals surface area contributed by atoms with E-state index in [2.05, 4.69) is 21.2 Å². The largest absolute Gasteiger partial charge is 0.348 e. The molecule has 0 aliphatic carbocycles. The monoisotopic (exact) mass is 450 g/mol. The van der Waals surface area contributed by atoms with Gasteiger partial charge in [0.1, 0.15) is 5.56 Å². The van der Waals surface area contributed by atoms with Crippen molar-refractivity contribution in [2.24, 2.45) is 0 Å². The molecular formula is C20H14BrF3N2O2. The molecule has 4 nitrogen and oxygen atoms in total. The highest BCUT2D eigenvalue weighted by molar-refractivity contribution is 9.10. The van der Waals surface area contributed by atoms with E-state index in [1.807, 2.05) is 24.3 Å². The number of benzene rings is 2. The third kappa shape index (κ3) is 4.51. The maximum atomic E-state index is 13.4. The lowest BCUT2D eigenvalue weighted by Gasteiger charge is -2.10. The third-order valence-corrected chi connectivity index (χ3v) is 4.50. The predicted octanol–water partition coefficient (Wildman–Crippen LogP) is 4.01. The van der Waals surface area contributed by atoms with E-state index in [1.165, 1.54) is 18.3 Å². The molecule has 1 N–H and O–H groups in total. The van der Waals surface area contributed by atoms with Crippen LogP contribution in [0.15, 0.2) is 64.0 Å². The van der Waals surface area contributed by atoms with E-state index < -0.39 is 28.9 Å². The lowest BCUT2D eigenvalue weighted by Crippen LogP contribution is -2.32. The molecule has 1 amide bonds. The molecule has 3 rings (SSSR count). The standard InChI is InChI=1S/C20H14BrF3N2O2/c21-14-4-1-3-12(7-14)10-25-19(27)15-5-2-6-26(20(15)28)11-13-8-16(22)18(24)17(23)9-13/h1-9H,10-11H2,(H,25,27). The normalized spacial score (nSPS) is 10.7. The Hall–Kier alpha value is -2.87. The van der Waals surface area contributed by atoms with Gasteiger partial charge in [-0.25, -0.2) is 13.2 Å². The number of carbonyl (C=O) groups is 1. The first-order valence-corrected chi connectivity index (χ1v) is 9.00. The first-order chi connectivity index (χ1) is 13.3. The molecule has 0 radical (unpaired) electrons. The molecule has 28 heavy (non-hydrogen) atoms. The van der Waals surface area contributed by atoms with Crippen LogP contribution in [0.4, 0.5) is 13.2 Å². The quantitative estimate of drug-likeness (QED) is 0.597. The van der Waals surface area contributed by atoms with Gasteiger partial charge in [0.25, 0.3) is 11.5 Å². The number of aromatic nitrogens is 1. The van der Waals surface area contributed by atoms with Gasteiger partial charge in [0, 0.05) is 17.2 Å². The minimum absolute atomic E-state index is 0.0604. The first kappa shape index (κ1) is 19.9. The van der Waals surface area contributed by atoms with Gasteiger partial charge in [-0.15, -0.1) is 0 Å². The Morgan fingerprint density at radius 3 is 2.39 bits per heavy atom. The molecular weight excluding hydrogens is 437 g/mol. The Kier molecular flexibility index (Phi) is 5.99. The molecule has 0 saturated carbocycles. The second-order valence-corrected chi connectivity index (χ2v) is 6.96. The van der Waals surface area contributed by atoms with Crippen molar-refractivity contribution in [2.45, 2.75) is 13.1 Å². The first-order valence-electron chi connectivity index (χ1n) is 8.20. The van der Waals surface area contributed by atoms with Crippen LogP contribution in [-0.2, 0) is 13.1 Å². The molecule has 0 atom stereocenters. The van der Waals surface area contributed by atoms with Crippen LogP contribution in [0.3, 0.4) is 0 Å². The number of amides is 1. The Balaban J connectivity index is 1.79. The second-order valence-electron chi connectivity index (χ2n) is 6.04. The van der Waals surface area contributed by atoms with Crippen LogP contribution in [0.5, 0.6) is 0 Å². The van der Waals surface area contributed by atoms with Crippen molar-refractivity contribution < 1.29 is 18.0 Å². The van der Waals surface area contributed by atoms with Crippen molar-refractivity contribution in [1.29, 1.82) is 0 Å². The average Bonchev–Trinajstić information content (AvgIpc) is 2.66. The molecule has 0 saturated heterocycles. The minimum atomic E-state index is -1.57. The molecule has 0 bridgehead atoms. The Bertz CT molecular complexity index is 1080. The number of hydrogen-bond donors (Lipinski definition) is 1. The summed E-state index contributed by atoms with van der Waals surface area (Å²) in [6.45, 7) is 0.0146. The molecule has 144 valence electrons. The van der Waals surface area contributed by atoms with Crippen molar-refractivity contribution in [2.75, 3.05) is 0 Å². The predicted molar refractivity (Wildman–Crippen MR) is 101 cm³/mol. The number of pyridine rings is 1. The molecule has 0 aliphatic rings. The number of rotatable bonds is 5. The van der Waals surface area contributed by atoms with E-state index >= 15 is 0 Å². The lowest BCUT2D eigenvalue weighted by atomic mass is 10.2. The van der Waals surface area contributed by atoms with E-state index in [4.69, 9.17) is 0 Å². The smallest absolute Gasteiger partial charge is 0.263 e. The Morgan fingerprint density at radius 2 is 1.71 bits per heavy atom. The topological polar surface area (TPSA) is 51.1 Å². The van der Waals surface area contributed by atoms with Gasteiger partial charge in [0.2, 0.25) is 0 Å². The number of nitrogens with one attached hydrogen (secondary N) is 1. The van der Waals surface area contributed by atoms with Gasteiger partial charge >= 0.3 is 0 Å². The number of halogens is 4. The molecule has 0 fully saturated rings. The molecule has 0 spiro atoms. The van der Waals surface area contributed by atoms with Gasteiger partial charge in [-0.05, 0) is 47.5 Å². The van der Waals surface area contributed by atoms with Crippen LogP contribution in [0.1, 0.15) is 21.5 Å². The van der Waals surface area contributed by atoms with Crippen LogP contribution < -0.4 is 10.9 Å². The molecule has 2 aromatic carbocycles.